The number of carbonyl (C=O) groups is 2. The molecule has 1 aliphatic heterocycles. The minimum atomic E-state index is -1.06. The van der Waals surface area contributed by atoms with E-state index in [0.717, 1.165) is 32.7 Å². The number of hydrogen-bond acceptors (Lipinski definition) is 4. The van der Waals surface area contributed by atoms with Crippen LogP contribution in [0, 0.1) is 6.92 Å². The van der Waals surface area contributed by atoms with Crippen LogP contribution in [-0.2, 0) is 17.9 Å². The van der Waals surface area contributed by atoms with Crippen LogP contribution in [0.4, 0.5) is 0 Å². The van der Waals surface area contributed by atoms with Gasteiger partial charge < -0.3 is 10.0 Å². The highest BCUT2D eigenvalue weighted by atomic mass is 16.4. The fourth-order valence-corrected chi connectivity index (χ4v) is 3.19. The number of amides is 1. The summed E-state index contributed by atoms with van der Waals surface area (Å²) in [6.45, 7) is 6.59. The number of rotatable bonds is 6. The molecule has 0 aliphatic carbocycles. The first-order valence-electron chi connectivity index (χ1n) is 8.84. The number of carbonyl (C=O) groups excluding carboxylic acids is 1. The molecule has 1 saturated heterocycles. The van der Waals surface area contributed by atoms with Crippen molar-refractivity contribution in [2.24, 2.45) is 0 Å². The average molecular weight is 356 g/mol. The molecule has 3 rings (SSSR count). The smallest absolute Gasteiger partial charge is 0.356 e. The Kier molecular flexibility index (Phi) is 5.68. The van der Waals surface area contributed by atoms with Crippen LogP contribution in [0.1, 0.15) is 28.0 Å². The molecule has 1 fully saturated rings. The number of piperazine rings is 1. The van der Waals surface area contributed by atoms with Crippen LogP contribution in [0.2, 0.25) is 0 Å². The molecule has 7 heteroatoms. The molecule has 138 valence electrons. The Bertz CT molecular complexity index is 779. The lowest BCUT2D eigenvalue weighted by atomic mass is 10.1. The molecule has 2 aromatic rings. The van der Waals surface area contributed by atoms with Crippen molar-refractivity contribution in [2.75, 3.05) is 26.2 Å². The first kappa shape index (κ1) is 18.1. The summed E-state index contributed by atoms with van der Waals surface area (Å²) in [5.41, 5.74) is 2.57. The number of benzene rings is 1. The summed E-state index contributed by atoms with van der Waals surface area (Å²) in [5.74, 6) is -0.965. The van der Waals surface area contributed by atoms with Crippen LogP contribution < -0.4 is 0 Å². The number of aromatic carboxylic acids is 1. The SMILES string of the molecule is Cc1cccc(CN2CCN(C(=O)CCn3ccc(C(=O)O)n3)CC2)c1. The number of carboxylic acids is 1. The summed E-state index contributed by atoms with van der Waals surface area (Å²) in [6, 6.07) is 9.96. The topological polar surface area (TPSA) is 78.7 Å². The van der Waals surface area contributed by atoms with Gasteiger partial charge in [-0.1, -0.05) is 29.8 Å². The number of aromatic nitrogens is 2. The van der Waals surface area contributed by atoms with Gasteiger partial charge in [-0.15, -0.1) is 0 Å². The Labute approximate surface area is 152 Å². The Morgan fingerprint density at radius 3 is 2.58 bits per heavy atom. The predicted octanol–water partition coefficient (Wildman–Crippen LogP) is 1.62. The zero-order chi connectivity index (χ0) is 18.5. The first-order valence-corrected chi connectivity index (χ1v) is 8.84. The molecule has 0 unspecified atom stereocenters. The van der Waals surface area contributed by atoms with Gasteiger partial charge in [0.1, 0.15) is 0 Å². The van der Waals surface area contributed by atoms with Gasteiger partial charge in [-0.2, -0.15) is 5.10 Å². The van der Waals surface area contributed by atoms with E-state index in [1.54, 1.807) is 6.20 Å². The highest BCUT2D eigenvalue weighted by molar-refractivity contribution is 5.85. The number of carboxylic acid groups (broad SMARTS) is 1. The van der Waals surface area contributed by atoms with Gasteiger partial charge in [-0.3, -0.25) is 14.4 Å². The minimum absolute atomic E-state index is 0.00205. The first-order chi connectivity index (χ1) is 12.5. The van der Waals surface area contributed by atoms with Gasteiger partial charge in [0.25, 0.3) is 0 Å². The third-order valence-electron chi connectivity index (χ3n) is 4.63. The zero-order valence-electron chi connectivity index (χ0n) is 15.0. The van der Waals surface area contributed by atoms with Crippen molar-refractivity contribution < 1.29 is 14.7 Å². The molecule has 0 radical (unpaired) electrons. The van der Waals surface area contributed by atoms with E-state index in [-0.39, 0.29) is 11.6 Å². The third-order valence-corrected chi connectivity index (χ3v) is 4.63. The maximum atomic E-state index is 12.4. The van der Waals surface area contributed by atoms with Crippen LogP contribution >= 0.6 is 0 Å². The maximum Gasteiger partial charge on any atom is 0.356 e. The summed E-state index contributed by atoms with van der Waals surface area (Å²) >= 11 is 0. The van der Waals surface area contributed by atoms with E-state index in [1.807, 2.05) is 4.90 Å². The van der Waals surface area contributed by atoms with Crippen LogP contribution in [0.15, 0.2) is 36.5 Å². The van der Waals surface area contributed by atoms with Crippen molar-refractivity contribution in [3.8, 4) is 0 Å². The molecule has 1 aliphatic rings. The normalized spacial score (nSPS) is 15.2. The minimum Gasteiger partial charge on any atom is -0.476 e. The van der Waals surface area contributed by atoms with Crippen molar-refractivity contribution in [3.63, 3.8) is 0 Å². The van der Waals surface area contributed by atoms with Crippen LogP contribution in [0.3, 0.4) is 0 Å². The molecule has 2 heterocycles. The molecule has 1 N–H and O–H groups in total. The molecule has 1 aromatic carbocycles. The largest absolute Gasteiger partial charge is 0.476 e. The predicted molar refractivity (Wildman–Crippen MR) is 96.8 cm³/mol. The van der Waals surface area contributed by atoms with E-state index in [2.05, 4.69) is 41.2 Å². The van der Waals surface area contributed by atoms with Gasteiger partial charge in [0.2, 0.25) is 5.91 Å². The second-order valence-corrected chi connectivity index (χ2v) is 6.67. The van der Waals surface area contributed by atoms with E-state index in [4.69, 9.17) is 5.11 Å². The number of aryl methyl sites for hydroxylation is 2. The van der Waals surface area contributed by atoms with Crippen LogP contribution in [-0.4, -0.2) is 62.7 Å². The van der Waals surface area contributed by atoms with E-state index in [9.17, 15) is 9.59 Å². The highest BCUT2D eigenvalue weighted by Crippen LogP contribution is 2.11. The maximum absolute atomic E-state index is 12.4. The highest BCUT2D eigenvalue weighted by Gasteiger charge is 2.21. The van der Waals surface area contributed by atoms with Gasteiger partial charge in [-0.05, 0) is 18.6 Å². The molecule has 0 atom stereocenters. The monoisotopic (exact) mass is 356 g/mol. The molecule has 26 heavy (non-hydrogen) atoms. The van der Waals surface area contributed by atoms with Gasteiger partial charge in [0.05, 0.1) is 0 Å². The van der Waals surface area contributed by atoms with E-state index >= 15 is 0 Å². The Morgan fingerprint density at radius 1 is 1.15 bits per heavy atom. The van der Waals surface area contributed by atoms with Gasteiger partial charge in [-0.25, -0.2) is 4.79 Å². The lowest BCUT2D eigenvalue weighted by Gasteiger charge is -2.34. The number of nitrogens with zero attached hydrogens (tertiary/aromatic N) is 4. The van der Waals surface area contributed by atoms with Crippen molar-refractivity contribution in [2.45, 2.75) is 26.4 Å². The fourth-order valence-electron chi connectivity index (χ4n) is 3.19. The van der Waals surface area contributed by atoms with Crippen molar-refractivity contribution >= 4 is 11.9 Å². The quantitative estimate of drug-likeness (QED) is 0.851. The lowest BCUT2D eigenvalue weighted by Crippen LogP contribution is -2.48. The van der Waals surface area contributed by atoms with Crippen molar-refractivity contribution in [1.82, 2.24) is 19.6 Å². The summed E-state index contributed by atoms with van der Waals surface area (Å²) in [6.07, 6.45) is 1.93. The number of hydrogen-bond donors (Lipinski definition) is 1. The van der Waals surface area contributed by atoms with E-state index < -0.39 is 5.97 Å². The van der Waals surface area contributed by atoms with Crippen LogP contribution in [0.5, 0.6) is 0 Å². The van der Waals surface area contributed by atoms with Gasteiger partial charge in [0.15, 0.2) is 5.69 Å². The summed E-state index contributed by atoms with van der Waals surface area (Å²) in [4.78, 5) is 27.4. The van der Waals surface area contributed by atoms with Crippen molar-refractivity contribution in [1.29, 1.82) is 0 Å². The molecular formula is C19H24N4O3. The molecule has 0 saturated carbocycles. The lowest BCUT2D eigenvalue weighted by molar-refractivity contribution is -0.133. The summed E-state index contributed by atoms with van der Waals surface area (Å²) in [7, 11) is 0. The van der Waals surface area contributed by atoms with Gasteiger partial charge in [0, 0.05) is 51.9 Å². The molecular weight excluding hydrogens is 332 g/mol. The fraction of sp³-hybridized carbons (Fsp3) is 0.421. The Hall–Kier alpha value is -2.67. The molecule has 0 bridgehead atoms. The van der Waals surface area contributed by atoms with Gasteiger partial charge >= 0.3 is 5.97 Å². The van der Waals surface area contributed by atoms with Crippen molar-refractivity contribution in [3.05, 3.63) is 53.3 Å². The Morgan fingerprint density at radius 2 is 1.92 bits per heavy atom. The molecule has 7 nitrogen and oxygen atoms in total. The second kappa shape index (κ2) is 8.14. The molecule has 1 amide bonds. The zero-order valence-corrected chi connectivity index (χ0v) is 15.0. The van der Waals surface area contributed by atoms with E-state index in [1.165, 1.54) is 21.9 Å². The average Bonchev–Trinajstić information content (AvgIpc) is 3.10. The molecule has 0 spiro atoms. The van der Waals surface area contributed by atoms with E-state index in [0.29, 0.717) is 13.0 Å². The standard InChI is InChI=1S/C19H24N4O3/c1-15-3-2-4-16(13-15)14-21-9-11-22(12-10-21)18(24)6-8-23-7-5-17(20-23)19(25)26/h2-5,7,13H,6,8-12,14H2,1H3,(H,25,26). The Balaban J connectivity index is 1.43. The second-order valence-electron chi connectivity index (χ2n) is 6.67. The third kappa shape index (κ3) is 4.70. The van der Waals surface area contributed by atoms with Crippen LogP contribution in [0.25, 0.3) is 0 Å². The summed E-state index contributed by atoms with van der Waals surface area (Å²) in [5, 5.41) is 12.8. The molecule has 1 aromatic heterocycles. The summed E-state index contributed by atoms with van der Waals surface area (Å²) < 4.78 is 1.51.